The van der Waals surface area contributed by atoms with Crippen LogP contribution in [0.1, 0.15) is 32.0 Å². The van der Waals surface area contributed by atoms with Crippen LogP contribution >= 0.6 is 0 Å². The maximum Gasteiger partial charge on any atom is 0.191 e. The lowest BCUT2D eigenvalue weighted by molar-refractivity contribution is 0.0168. The van der Waals surface area contributed by atoms with Gasteiger partial charge < -0.3 is 24.7 Å². The van der Waals surface area contributed by atoms with E-state index in [2.05, 4.69) is 37.3 Å². The van der Waals surface area contributed by atoms with Gasteiger partial charge in [-0.2, -0.15) is 0 Å². The van der Waals surface area contributed by atoms with Crippen molar-refractivity contribution in [1.82, 2.24) is 25.4 Å². The van der Waals surface area contributed by atoms with Crippen LogP contribution in [0.25, 0.3) is 0 Å². The predicted molar refractivity (Wildman–Crippen MR) is 93.2 cm³/mol. The molecule has 1 aliphatic rings. The average molecular weight is 338 g/mol. The van der Waals surface area contributed by atoms with Gasteiger partial charge in [-0.1, -0.05) is 6.92 Å². The molecule has 1 aromatic rings. The fraction of sp³-hybridized carbons (Fsp3) is 0.812. The standard InChI is InChI=1S/C16H30N6O2/c1-3-15-21-20-13-22(15)9-8-19-16(17-2)18-7-5-10-23-12-14-6-4-11-24-14/h13-14H,3-12H2,1-2H3,(H2,17,18,19). The van der Waals surface area contributed by atoms with E-state index in [4.69, 9.17) is 9.47 Å². The van der Waals surface area contributed by atoms with Crippen LogP contribution < -0.4 is 10.6 Å². The fourth-order valence-corrected chi connectivity index (χ4v) is 2.63. The quantitative estimate of drug-likeness (QED) is 0.369. The first-order valence-electron chi connectivity index (χ1n) is 8.84. The molecule has 1 atom stereocenters. The summed E-state index contributed by atoms with van der Waals surface area (Å²) in [6, 6.07) is 0. The number of guanidine groups is 1. The van der Waals surface area contributed by atoms with Crippen molar-refractivity contribution in [2.45, 2.75) is 45.3 Å². The Labute approximate surface area is 144 Å². The molecule has 136 valence electrons. The molecular weight excluding hydrogens is 308 g/mol. The van der Waals surface area contributed by atoms with Gasteiger partial charge in [0.25, 0.3) is 0 Å². The van der Waals surface area contributed by atoms with E-state index in [1.54, 1.807) is 13.4 Å². The van der Waals surface area contributed by atoms with Crippen LogP contribution in [0.4, 0.5) is 0 Å². The Balaban J connectivity index is 1.50. The molecule has 1 aromatic heterocycles. The van der Waals surface area contributed by atoms with Gasteiger partial charge in [-0.3, -0.25) is 4.99 Å². The zero-order valence-electron chi connectivity index (χ0n) is 14.8. The third-order valence-corrected chi connectivity index (χ3v) is 3.97. The average Bonchev–Trinajstić information content (AvgIpc) is 3.27. The molecule has 0 saturated carbocycles. The second-order valence-electron chi connectivity index (χ2n) is 5.78. The van der Waals surface area contributed by atoms with E-state index in [1.807, 2.05) is 0 Å². The van der Waals surface area contributed by atoms with Crippen molar-refractivity contribution in [2.75, 3.05) is 40.0 Å². The molecule has 0 radical (unpaired) electrons. The van der Waals surface area contributed by atoms with Crippen molar-refractivity contribution in [3.63, 3.8) is 0 Å². The van der Waals surface area contributed by atoms with Crippen LogP contribution in [0.3, 0.4) is 0 Å². The number of hydrogen-bond acceptors (Lipinski definition) is 5. The first kappa shape index (κ1) is 18.7. The third-order valence-electron chi connectivity index (χ3n) is 3.97. The molecule has 0 spiro atoms. The maximum absolute atomic E-state index is 5.65. The van der Waals surface area contributed by atoms with Crippen LogP contribution in [0, 0.1) is 0 Å². The first-order chi connectivity index (χ1) is 11.8. The zero-order valence-corrected chi connectivity index (χ0v) is 14.8. The Hall–Kier alpha value is -1.67. The summed E-state index contributed by atoms with van der Waals surface area (Å²) in [5.74, 6) is 1.81. The SMILES string of the molecule is CCc1nncn1CCNC(=NC)NCCCOCC1CCCO1. The lowest BCUT2D eigenvalue weighted by Crippen LogP contribution is -2.39. The number of hydrogen-bond donors (Lipinski definition) is 2. The van der Waals surface area contributed by atoms with E-state index in [1.165, 1.54) is 0 Å². The first-order valence-corrected chi connectivity index (χ1v) is 8.84. The van der Waals surface area contributed by atoms with Crippen molar-refractivity contribution in [1.29, 1.82) is 0 Å². The summed E-state index contributed by atoms with van der Waals surface area (Å²) in [6.45, 7) is 6.84. The summed E-state index contributed by atoms with van der Waals surface area (Å²) in [5.41, 5.74) is 0. The molecule has 1 unspecified atom stereocenters. The number of nitrogens with zero attached hydrogens (tertiary/aromatic N) is 4. The van der Waals surface area contributed by atoms with Gasteiger partial charge in [0.2, 0.25) is 0 Å². The molecular formula is C16H30N6O2. The second kappa shape index (κ2) is 11.0. The van der Waals surface area contributed by atoms with Crippen molar-refractivity contribution in [3.8, 4) is 0 Å². The van der Waals surface area contributed by atoms with Gasteiger partial charge in [0.15, 0.2) is 5.96 Å². The highest BCUT2D eigenvalue weighted by molar-refractivity contribution is 5.79. The lowest BCUT2D eigenvalue weighted by Gasteiger charge is -2.13. The van der Waals surface area contributed by atoms with Crippen LogP contribution in [0.15, 0.2) is 11.3 Å². The van der Waals surface area contributed by atoms with Gasteiger partial charge in [-0.05, 0) is 19.3 Å². The van der Waals surface area contributed by atoms with E-state index in [0.29, 0.717) is 12.7 Å². The number of rotatable bonds is 10. The highest BCUT2D eigenvalue weighted by atomic mass is 16.5. The molecule has 0 amide bonds. The highest BCUT2D eigenvalue weighted by Crippen LogP contribution is 2.11. The molecule has 0 aromatic carbocycles. The molecule has 8 nitrogen and oxygen atoms in total. The molecule has 1 saturated heterocycles. The van der Waals surface area contributed by atoms with Crippen LogP contribution in [0.2, 0.25) is 0 Å². The van der Waals surface area contributed by atoms with Gasteiger partial charge in [0, 0.05) is 46.3 Å². The molecule has 0 bridgehead atoms. The normalized spacial score (nSPS) is 18.1. The van der Waals surface area contributed by atoms with Crippen molar-refractivity contribution in [2.24, 2.45) is 4.99 Å². The van der Waals surface area contributed by atoms with Crippen LogP contribution in [0.5, 0.6) is 0 Å². The Morgan fingerprint density at radius 1 is 1.46 bits per heavy atom. The lowest BCUT2D eigenvalue weighted by atomic mass is 10.2. The smallest absolute Gasteiger partial charge is 0.191 e. The van der Waals surface area contributed by atoms with Gasteiger partial charge in [-0.25, -0.2) is 0 Å². The summed E-state index contributed by atoms with van der Waals surface area (Å²) in [7, 11) is 1.78. The number of aromatic nitrogens is 3. The molecule has 2 heterocycles. The minimum Gasteiger partial charge on any atom is -0.379 e. The van der Waals surface area contributed by atoms with Crippen molar-refractivity contribution in [3.05, 3.63) is 12.2 Å². The van der Waals surface area contributed by atoms with Gasteiger partial charge in [0.05, 0.1) is 12.7 Å². The summed E-state index contributed by atoms with van der Waals surface area (Å²) in [4.78, 5) is 4.22. The Kier molecular flexibility index (Phi) is 8.54. The Morgan fingerprint density at radius 3 is 3.08 bits per heavy atom. The maximum atomic E-state index is 5.65. The molecule has 1 aliphatic heterocycles. The minimum absolute atomic E-state index is 0.304. The molecule has 2 N–H and O–H groups in total. The van der Waals surface area contributed by atoms with Gasteiger partial charge >= 0.3 is 0 Å². The summed E-state index contributed by atoms with van der Waals surface area (Å²) in [5, 5.41) is 14.6. The Morgan fingerprint density at radius 2 is 2.33 bits per heavy atom. The summed E-state index contributed by atoms with van der Waals surface area (Å²) < 4.78 is 13.2. The van der Waals surface area contributed by atoms with E-state index < -0.39 is 0 Å². The summed E-state index contributed by atoms with van der Waals surface area (Å²) in [6.07, 6.45) is 6.19. The third kappa shape index (κ3) is 6.45. The number of nitrogens with one attached hydrogen (secondary N) is 2. The van der Waals surface area contributed by atoms with E-state index in [0.717, 1.165) is 70.3 Å². The molecule has 24 heavy (non-hydrogen) atoms. The van der Waals surface area contributed by atoms with Crippen molar-refractivity contribution >= 4 is 5.96 Å². The highest BCUT2D eigenvalue weighted by Gasteiger charge is 2.14. The number of ether oxygens (including phenoxy) is 2. The Bertz CT molecular complexity index is 485. The fourth-order valence-electron chi connectivity index (χ4n) is 2.63. The molecule has 1 fully saturated rings. The largest absolute Gasteiger partial charge is 0.379 e. The van der Waals surface area contributed by atoms with E-state index >= 15 is 0 Å². The molecule has 8 heteroatoms. The molecule has 0 aliphatic carbocycles. The van der Waals surface area contributed by atoms with Crippen LogP contribution in [-0.4, -0.2) is 66.8 Å². The van der Waals surface area contributed by atoms with Gasteiger partial charge in [-0.15, -0.1) is 10.2 Å². The topological polar surface area (TPSA) is 85.6 Å². The van der Waals surface area contributed by atoms with Crippen molar-refractivity contribution < 1.29 is 9.47 Å². The monoisotopic (exact) mass is 338 g/mol. The van der Waals surface area contributed by atoms with E-state index in [-0.39, 0.29) is 0 Å². The van der Waals surface area contributed by atoms with Gasteiger partial charge in [0.1, 0.15) is 12.2 Å². The molecule has 2 rings (SSSR count). The van der Waals surface area contributed by atoms with E-state index in [9.17, 15) is 0 Å². The predicted octanol–water partition coefficient (Wildman–Crippen LogP) is 0.591. The van der Waals surface area contributed by atoms with Crippen LogP contribution in [-0.2, 0) is 22.4 Å². The number of aryl methyl sites for hydroxylation is 1. The minimum atomic E-state index is 0.304. The zero-order chi connectivity index (χ0) is 17.0. The number of aliphatic imine (C=N–C) groups is 1. The summed E-state index contributed by atoms with van der Waals surface area (Å²) >= 11 is 0. The second-order valence-corrected chi connectivity index (χ2v) is 5.78.